The molecule has 3 N–H and O–H groups in total. The van der Waals surface area contributed by atoms with Crippen LogP contribution in [0.25, 0.3) is 0 Å². The summed E-state index contributed by atoms with van der Waals surface area (Å²) in [5.74, 6) is -0.613. The van der Waals surface area contributed by atoms with Gasteiger partial charge in [0.15, 0.2) is 11.6 Å². The Morgan fingerprint density at radius 1 is 1.52 bits per heavy atom. The van der Waals surface area contributed by atoms with Crippen molar-refractivity contribution in [2.45, 2.75) is 18.1 Å². The Morgan fingerprint density at radius 3 is 2.96 bits per heavy atom. The van der Waals surface area contributed by atoms with Gasteiger partial charge in [0.2, 0.25) is 0 Å². The van der Waals surface area contributed by atoms with Gasteiger partial charge in [-0.15, -0.1) is 0 Å². The minimum atomic E-state index is -0.988. The molecule has 0 radical (unpaired) electrons. The summed E-state index contributed by atoms with van der Waals surface area (Å²) >= 11 is 0. The van der Waals surface area contributed by atoms with Gasteiger partial charge in [-0.25, -0.2) is 9.18 Å². The molecule has 2 aliphatic heterocycles. The van der Waals surface area contributed by atoms with Crippen molar-refractivity contribution in [2.75, 3.05) is 37.7 Å². The predicted molar refractivity (Wildman–Crippen MR) is 79.0 cm³/mol. The van der Waals surface area contributed by atoms with Gasteiger partial charge < -0.3 is 25.0 Å². The van der Waals surface area contributed by atoms with E-state index in [-0.39, 0.29) is 25.5 Å². The second-order valence-corrected chi connectivity index (χ2v) is 5.85. The number of carbonyl (C=O) groups is 1. The fraction of sp³-hybridized carbons (Fsp3) is 0.533. The fourth-order valence-corrected chi connectivity index (χ4v) is 2.67. The largest absolute Gasteiger partial charge is 0.487 e. The molecule has 0 spiro atoms. The number of aliphatic hydroxyl groups is 2. The van der Waals surface area contributed by atoms with Crippen LogP contribution in [-0.4, -0.2) is 60.9 Å². The highest BCUT2D eigenvalue weighted by atomic mass is 19.1. The van der Waals surface area contributed by atoms with E-state index in [1.807, 2.05) is 0 Å². The molecule has 0 bridgehead atoms. The summed E-state index contributed by atoms with van der Waals surface area (Å²) in [4.78, 5) is 12.9. The van der Waals surface area contributed by atoms with Crippen molar-refractivity contribution in [3.63, 3.8) is 0 Å². The SMILES string of the molecule is O=C1O[C@@H](CO)CN1c1ccc(OCC2(O)CCNC2)c(F)c1. The molecule has 0 saturated carbocycles. The van der Waals surface area contributed by atoms with Crippen LogP contribution in [0.3, 0.4) is 0 Å². The highest BCUT2D eigenvalue weighted by molar-refractivity contribution is 5.89. The van der Waals surface area contributed by atoms with Gasteiger partial charge in [-0.05, 0) is 25.1 Å². The third-order valence-corrected chi connectivity index (χ3v) is 4.02. The third kappa shape index (κ3) is 3.39. The van der Waals surface area contributed by atoms with Crippen molar-refractivity contribution in [1.29, 1.82) is 0 Å². The van der Waals surface area contributed by atoms with E-state index in [0.29, 0.717) is 25.2 Å². The van der Waals surface area contributed by atoms with Crippen molar-refractivity contribution in [2.24, 2.45) is 0 Å². The number of hydrogen-bond acceptors (Lipinski definition) is 6. The van der Waals surface area contributed by atoms with Gasteiger partial charge in [0.05, 0.1) is 18.8 Å². The average Bonchev–Trinajstić information content (AvgIpc) is 3.12. The second-order valence-electron chi connectivity index (χ2n) is 5.85. The third-order valence-electron chi connectivity index (χ3n) is 4.02. The summed E-state index contributed by atoms with van der Waals surface area (Å²) in [6.45, 7) is 0.993. The number of halogens is 1. The molecule has 1 aromatic carbocycles. The number of ether oxygens (including phenoxy) is 2. The number of benzene rings is 1. The van der Waals surface area contributed by atoms with Crippen molar-refractivity contribution in [3.05, 3.63) is 24.0 Å². The molecule has 1 aromatic rings. The molecule has 3 rings (SSSR count). The van der Waals surface area contributed by atoms with E-state index in [0.717, 1.165) is 0 Å². The molecule has 0 aromatic heterocycles. The Labute approximate surface area is 132 Å². The molecule has 7 nitrogen and oxygen atoms in total. The quantitative estimate of drug-likeness (QED) is 0.718. The predicted octanol–water partition coefficient (Wildman–Crippen LogP) is 0.246. The summed E-state index contributed by atoms with van der Waals surface area (Å²) in [5, 5.41) is 22.2. The van der Waals surface area contributed by atoms with Crippen molar-refractivity contribution in [3.8, 4) is 5.75 Å². The molecule has 2 fully saturated rings. The lowest BCUT2D eigenvalue weighted by atomic mass is 10.1. The van der Waals surface area contributed by atoms with Crippen molar-refractivity contribution in [1.82, 2.24) is 5.32 Å². The van der Waals surface area contributed by atoms with Gasteiger partial charge in [0, 0.05) is 12.6 Å². The second kappa shape index (κ2) is 6.31. The van der Waals surface area contributed by atoms with Crippen molar-refractivity contribution >= 4 is 11.8 Å². The van der Waals surface area contributed by atoms with E-state index in [4.69, 9.17) is 14.6 Å². The smallest absolute Gasteiger partial charge is 0.414 e. The number of cyclic esters (lactones) is 1. The van der Waals surface area contributed by atoms with E-state index in [9.17, 15) is 14.3 Å². The number of nitrogens with one attached hydrogen (secondary N) is 1. The molecule has 2 heterocycles. The molecule has 2 saturated heterocycles. The van der Waals surface area contributed by atoms with E-state index in [1.165, 1.54) is 23.1 Å². The fourth-order valence-electron chi connectivity index (χ4n) is 2.67. The van der Waals surface area contributed by atoms with E-state index in [2.05, 4.69) is 5.32 Å². The number of β-amino-alcohol motifs (C(OH)–C–C–N with tert-alkyl or cyclic N) is 1. The number of amides is 1. The first-order chi connectivity index (χ1) is 11.0. The van der Waals surface area contributed by atoms with Crippen LogP contribution in [0.5, 0.6) is 5.75 Å². The van der Waals surface area contributed by atoms with Gasteiger partial charge in [-0.3, -0.25) is 4.90 Å². The number of anilines is 1. The summed E-state index contributed by atoms with van der Waals surface area (Å²) in [7, 11) is 0. The zero-order chi connectivity index (χ0) is 16.4. The first-order valence-electron chi connectivity index (χ1n) is 7.45. The standard InChI is InChI=1S/C15H19FN2O5/c16-12-5-10(18-6-11(7-19)23-14(18)20)1-2-13(12)22-9-15(21)3-4-17-8-15/h1-2,5,11,17,19,21H,3-4,6-9H2/t11-,15?/m1/s1. The molecular formula is C15H19FN2O5. The van der Waals surface area contributed by atoms with E-state index in [1.54, 1.807) is 0 Å². The number of hydrogen-bond donors (Lipinski definition) is 3. The van der Waals surface area contributed by atoms with Gasteiger partial charge in [-0.2, -0.15) is 0 Å². The Kier molecular flexibility index (Phi) is 4.38. The lowest BCUT2D eigenvalue weighted by Crippen LogP contribution is -2.38. The van der Waals surface area contributed by atoms with Gasteiger partial charge in [0.1, 0.15) is 18.3 Å². The minimum Gasteiger partial charge on any atom is -0.487 e. The van der Waals surface area contributed by atoms with Gasteiger partial charge in [-0.1, -0.05) is 0 Å². The Hall–Kier alpha value is -1.90. The molecule has 2 atom stereocenters. The maximum Gasteiger partial charge on any atom is 0.414 e. The Balaban J connectivity index is 1.67. The minimum absolute atomic E-state index is 0.00535. The summed E-state index contributed by atoms with van der Waals surface area (Å²) in [5.41, 5.74) is -0.657. The van der Waals surface area contributed by atoms with Crippen molar-refractivity contribution < 1.29 is 28.9 Å². The van der Waals surface area contributed by atoms with Crippen LogP contribution >= 0.6 is 0 Å². The van der Waals surface area contributed by atoms with Crippen LogP contribution in [-0.2, 0) is 4.74 Å². The summed E-state index contributed by atoms with van der Waals surface area (Å²) in [6.07, 6.45) is -0.677. The number of aliphatic hydroxyl groups excluding tert-OH is 1. The summed E-state index contributed by atoms with van der Waals surface area (Å²) in [6, 6.07) is 4.12. The summed E-state index contributed by atoms with van der Waals surface area (Å²) < 4.78 is 24.4. The Morgan fingerprint density at radius 2 is 2.35 bits per heavy atom. The molecule has 0 aliphatic carbocycles. The van der Waals surface area contributed by atoms with Crippen LogP contribution < -0.4 is 15.0 Å². The topological polar surface area (TPSA) is 91.3 Å². The zero-order valence-electron chi connectivity index (χ0n) is 12.5. The lowest BCUT2D eigenvalue weighted by Gasteiger charge is -2.22. The highest BCUT2D eigenvalue weighted by Gasteiger charge is 2.33. The normalized spacial score (nSPS) is 27.3. The van der Waals surface area contributed by atoms with Crippen LogP contribution in [0.15, 0.2) is 18.2 Å². The molecule has 2 aliphatic rings. The van der Waals surface area contributed by atoms with Crippen LogP contribution in [0.1, 0.15) is 6.42 Å². The molecule has 1 unspecified atom stereocenters. The number of carbonyl (C=O) groups excluding carboxylic acids is 1. The first-order valence-corrected chi connectivity index (χ1v) is 7.45. The van der Waals surface area contributed by atoms with Gasteiger partial charge in [0.25, 0.3) is 0 Å². The van der Waals surface area contributed by atoms with Gasteiger partial charge >= 0.3 is 6.09 Å². The van der Waals surface area contributed by atoms with E-state index >= 15 is 0 Å². The molecule has 1 amide bonds. The monoisotopic (exact) mass is 326 g/mol. The zero-order valence-corrected chi connectivity index (χ0v) is 12.5. The molecule has 8 heteroatoms. The first kappa shape index (κ1) is 16.0. The average molecular weight is 326 g/mol. The Bertz CT molecular complexity index is 591. The number of nitrogens with zero attached hydrogens (tertiary/aromatic N) is 1. The molecule has 23 heavy (non-hydrogen) atoms. The molecular weight excluding hydrogens is 307 g/mol. The molecule has 126 valence electrons. The van der Waals surface area contributed by atoms with Crippen LogP contribution in [0, 0.1) is 5.82 Å². The highest BCUT2D eigenvalue weighted by Crippen LogP contribution is 2.28. The number of rotatable bonds is 5. The lowest BCUT2D eigenvalue weighted by molar-refractivity contribution is 0.0118. The van der Waals surface area contributed by atoms with E-state index < -0.39 is 23.6 Å². The van der Waals surface area contributed by atoms with Crippen LogP contribution in [0.2, 0.25) is 0 Å². The maximum atomic E-state index is 14.2. The van der Waals surface area contributed by atoms with Crippen LogP contribution in [0.4, 0.5) is 14.9 Å². The maximum absolute atomic E-state index is 14.2.